The Hall–Kier alpha value is -2.32. The van der Waals surface area contributed by atoms with E-state index in [-0.39, 0.29) is 24.9 Å². The molecule has 0 aliphatic heterocycles. The SMILES string of the molecule is Cc1ccc(C(=O)NCC(=O)NC2CC2)cc1C#CCN. The van der Waals surface area contributed by atoms with Crippen molar-refractivity contribution in [3.63, 3.8) is 0 Å². The molecule has 1 aliphatic carbocycles. The largest absolute Gasteiger partial charge is 0.352 e. The Kier molecular flexibility index (Phi) is 4.96. The number of rotatable bonds is 4. The summed E-state index contributed by atoms with van der Waals surface area (Å²) in [5, 5.41) is 5.43. The molecule has 0 atom stereocenters. The normalized spacial score (nSPS) is 13.0. The molecule has 0 bridgehead atoms. The van der Waals surface area contributed by atoms with Gasteiger partial charge in [0.25, 0.3) is 5.91 Å². The summed E-state index contributed by atoms with van der Waals surface area (Å²) in [6.07, 6.45) is 2.06. The first kappa shape index (κ1) is 15.1. The molecule has 0 heterocycles. The maximum atomic E-state index is 12.0. The Morgan fingerprint density at radius 1 is 1.38 bits per heavy atom. The number of nitrogens with two attached hydrogens (primary N) is 1. The second-order valence-electron chi connectivity index (χ2n) is 5.06. The molecule has 2 rings (SSSR count). The summed E-state index contributed by atoms with van der Waals surface area (Å²) in [5.74, 6) is 5.27. The summed E-state index contributed by atoms with van der Waals surface area (Å²) >= 11 is 0. The third kappa shape index (κ3) is 4.62. The van der Waals surface area contributed by atoms with Gasteiger partial charge in [0.15, 0.2) is 0 Å². The number of carbonyl (C=O) groups is 2. The quantitative estimate of drug-likeness (QED) is 0.696. The summed E-state index contributed by atoms with van der Waals surface area (Å²) in [6, 6.07) is 5.56. The van der Waals surface area contributed by atoms with Gasteiger partial charge in [0.1, 0.15) is 0 Å². The lowest BCUT2D eigenvalue weighted by atomic mass is 10.0. The highest BCUT2D eigenvalue weighted by Gasteiger charge is 2.23. The molecule has 1 aromatic carbocycles. The number of carbonyl (C=O) groups excluding carboxylic acids is 2. The Morgan fingerprint density at radius 2 is 2.14 bits per heavy atom. The fraction of sp³-hybridized carbons (Fsp3) is 0.375. The molecule has 1 aromatic rings. The van der Waals surface area contributed by atoms with Crippen LogP contribution >= 0.6 is 0 Å². The average Bonchev–Trinajstić information content (AvgIpc) is 3.27. The molecule has 1 aliphatic rings. The highest BCUT2D eigenvalue weighted by Crippen LogP contribution is 2.18. The van der Waals surface area contributed by atoms with E-state index in [9.17, 15) is 9.59 Å². The van der Waals surface area contributed by atoms with Crippen molar-refractivity contribution in [1.82, 2.24) is 10.6 Å². The zero-order chi connectivity index (χ0) is 15.2. The standard InChI is InChI=1S/C16H19N3O2/c1-11-4-5-13(9-12(11)3-2-8-17)16(21)18-10-15(20)19-14-6-7-14/h4-5,9,14H,6-8,10,17H2,1H3,(H,18,21)(H,19,20). The van der Waals surface area contributed by atoms with E-state index in [1.807, 2.05) is 13.0 Å². The smallest absolute Gasteiger partial charge is 0.251 e. The van der Waals surface area contributed by atoms with Crippen molar-refractivity contribution in [2.24, 2.45) is 5.73 Å². The van der Waals surface area contributed by atoms with Crippen molar-refractivity contribution >= 4 is 11.8 Å². The Bertz CT molecular complexity index is 610. The van der Waals surface area contributed by atoms with E-state index < -0.39 is 0 Å². The molecule has 0 aromatic heterocycles. The lowest BCUT2D eigenvalue weighted by Gasteiger charge is -2.07. The monoisotopic (exact) mass is 285 g/mol. The van der Waals surface area contributed by atoms with Crippen LogP contribution in [0, 0.1) is 18.8 Å². The van der Waals surface area contributed by atoms with Crippen molar-refractivity contribution in [2.75, 3.05) is 13.1 Å². The van der Waals surface area contributed by atoms with Crippen LogP contribution in [0.25, 0.3) is 0 Å². The van der Waals surface area contributed by atoms with E-state index >= 15 is 0 Å². The summed E-state index contributed by atoms with van der Waals surface area (Å²) in [6.45, 7) is 2.19. The highest BCUT2D eigenvalue weighted by molar-refractivity contribution is 5.96. The second-order valence-corrected chi connectivity index (χ2v) is 5.06. The number of hydrogen-bond donors (Lipinski definition) is 3. The molecule has 21 heavy (non-hydrogen) atoms. The van der Waals surface area contributed by atoms with Crippen LogP contribution in [0.15, 0.2) is 18.2 Å². The number of nitrogens with one attached hydrogen (secondary N) is 2. The maximum Gasteiger partial charge on any atom is 0.251 e. The fourth-order valence-electron chi connectivity index (χ4n) is 1.81. The van der Waals surface area contributed by atoms with E-state index in [2.05, 4.69) is 22.5 Å². The molecule has 0 radical (unpaired) electrons. The van der Waals surface area contributed by atoms with Gasteiger partial charge in [0.05, 0.1) is 13.1 Å². The van der Waals surface area contributed by atoms with Crippen LogP contribution in [-0.4, -0.2) is 30.9 Å². The first-order valence-electron chi connectivity index (χ1n) is 6.97. The van der Waals surface area contributed by atoms with Gasteiger partial charge in [-0.05, 0) is 37.5 Å². The van der Waals surface area contributed by atoms with Gasteiger partial charge in [-0.1, -0.05) is 17.9 Å². The molecule has 5 heteroatoms. The van der Waals surface area contributed by atoms with Crippen molar-refractivity contribution in [2.45, 2.75) is 25.8 Å². The first-order valence-corrected chi connectivity index (χ1v) is 6.97. The van der Waals surface area contributed by atoms with Crippen LogP contribution in [0.2, 0.25) is 0 Å². The zero-order valence-electron chi connectivity index (χ0n) is 12.0. The third-order valence-corrected chi connectivity index (χ3v) is 3.18. The van der Waals surface area contributed by atoms with Crippen LogP contribution in [0.4, 0.5) is 0 Å². The number of hydrogen-bond acceptors (Lipinski definition) is 3. The molecular formula is C16H19N3O2. The minimum Gasteiger partial charge on any atom is -0.352 e. The van der Waals surface area contributed by atoms with Crippen LogP contribution in [-0.2, 0) is 4.79 Å². The fourth-order valence-corrected chi connectivity index (χ4v) is 1.81. The lowest BCUT2D eigenvalue weighted by Crippen LogP contribution is -2.37. The number of amides is 2. The summed E-state index contributed by atoms with van der Waals surface area (Å²) in [7, 11) is 0. The third-order valence-electron chi connectivity index (χ3n) is 3.18. The average molecular weight is 285 g/mol. The number of aryl methyl sites for hydroxylation is 1. The summed E-state index contributed by atoms with van der Waals surface area (Å²) < 4.78 is 0. The van der Waals surface area contributed by atoms with Gasteiger partial charge in [-0.25, -0.2) is 0 Å². The second kappa shape index (κ2) is 6.91. The molecule has 1 fully saturated rings. The minimum atomic E-state index is -0.281. The van der Waals surface area contributed by atoms with Crippen LogP contribution < -0.4 is 16.4 Å². The van der Waals surface area contributed by atoms with Crippen molar-refractivity contribution in [3.05, 3.63) is 34.9 Å². The topological polar surface area (TPSA) is 84.2 Å². The first-order chi connectivity index (χ1) is 10.1. The molecule has 0 spiro atoms. The molecule has 2 amide bonds. The van der Waals surface area contributed by atoms with Gasteiger partial charge in [-0.15, -0.1) is 0 Å². The zero-order valence-corrected chi connectivity index (χ0v) is 12.0. The van der Waals surface area contributed by atoms with Crippen molar-refractivity contribution in [1.29, 1.82) is 0 Å². The highest BCUT2D eigenvalue weighted by atomic mass is 16.2. The van der Waals surface area contributed by atoms with E-state index in [1.54, 1.807) is 12.1 Å². The molecule has 5 nitrogen and oxygen atoms in total. The van der Waals surface area contributed by atoms with E-state index in [0.29, 0.717) is 11.6 Å². The Balaban J connectivity index is 1.96. The van der Waals surface area contributed by atoms with Gasteiger partial charge >= 0.3 is 0 Å². The number of benzene rings is 1. The summed E-state index contributed by atoms with van der Waals surface area (Å²) in [5.41, 5.74) is 7.60. The van der Waals surface area contributed by atoms with Gasteiger partial charge in [-0.3, -0.25) is 9.59 Å². The van der Waals surface area contributed by atoms with Crippen LogP contribution in [0.1, 0.15) is 34.3 Å². The van der Waals surface area contributed by atoms with Gasteiger partial charge in [-0.2, -0.15) is 0 Å². The molecular weight excluding hydrogens is 266 g/mol. The van der Waals surface area contributed by atoms with E-state index in [4.69, 9.17) is 5.73 Å². The van der Waals surface area contributed by atoms with Gasteiger partial charge in [0.2, 0.25) is 5.91 Å². The molecule has 0 unspecified atom stereocenters. The molecule has 110 valence electrons. The van der Waals surface area contributed by atoms with Crippen molar-refractivity contribution in [3.8, 4) is 11.8 Å². The predicted molar refractivity (Wildman–Crippen MR) is 80.6 cm³/mol. The minimum absolute atomic E-state index is 0.00692. The van der Waals surface area contributed by atoms with E-state index in [1.165, 1.54) is 0 Å². The van der Waals surface area contributed by atoms with E-state index in [0.717, 1.165) is 24.0 Å². The van der Waals surface area contributed by atoms with Crippen LogP contribution in [0.5, 0.6) is 0 Å². The molecule has 1 saturated carbocycles. The molecule has 0 saturated heterocycles. The van der Waals surface area contributed by atoms with Crippen molar-refractivity contribution < 1.29 is 9.59 Å². The predicted octanol–water partition coefficient (Wildman–Crippen LogP) is 0.314. The summed E-state index contributed by atoms with van der Waals surface area (Å²) in [4.78, 5) is 23.6. The maximum absolute atomic E-state index is 12.0. The molecule has 4 N–H and O–H groups in total. The van der Waals surface area contributed by atoms with Crippen LogP contribution in [0.3, 0.4) is 0 Å². The lowest BCUT2D eigenvalue weighted by molar-refractivity contribution is -0.120. The Morgan fingerprint density at radius 3 is 2.81 bits per heavy atom. The Labute approximate surface area is 124 Å². The van der Waals surface area contributed by atoms with Gasteiger partial charge < -0.3 is 16.4 Å². The van der Waals surface area contributed by atoms with Gasteiger partial charge in [0, 0.05) is 17.2 Å².